The summed E-state index contributed by atoms with van der Waals surface area (Å²) in [6.07, 6.45) is 3.45. The number of H-pyrrole nitrogens is 1. The minimum absolute atomic E-state index is 0.0408. The molecular weight excluding hydrogens is 581 g/mol. The number of ether oxygens (including phenoxy) is 1. The van der Waals surface area contributed by atoms with E-state index < -0.39 is 11.7 Å². The fraction of sp³-hybridized carbons (Fsp3) is 0.441. The molecule has 1 aliphatic carbocycles. The van der Waals surface area contributed by atoms with Crippen LogP contribution < -0.4 is 9.80 Å². The van der Waals surface area contributed by atoms with Crippen LogP contribution in [0.25, 0.3) is 33.8 Å². The van der Waals surface area contributed by atoms with E-state index in [0.29, 0.717) is 29.3 Å². The van der Waals surface area contributed by atoms with Gasteiger partial charge in [-0.2, -0.15) is 13.2 Å². The van der Waals surface area contributed by atoms with Gasteiger partial charge in [-0.1, -0.05) is 23.7 Å². The van der Waals surface area contributed by atoms with E-state index in [0.717, 1.165) is 92.7 Å². The summed E-state index contributed by atoms with van der Waals surface area (Å²) < 4.78 is 46.3. The van der Waals surface area contributed by atoms with Crippen molar-refractivity contribution in [3.05, 3.63) is 60.2 Å². The van der Waals surface area contributed by atoms with Crippen molar-refractivity contribution >= 4 is 28.8 Å². The van der Waals surface area contributed by atoms with Gasteiger partial charge >= 0.3 is 6.18 Å². The molecule has 45 heavy (non-hydrogen) atoms. The second kappa shape index (κ2) is 11.3. The summed E-state index contributed by atoms with van der Waals surface area (Å²) >= 11 is 0. The molecule has 11 heteroatoms. The third-order valence-corrected chi connectivity index (χ3v) is 9.74. The molecule has 4 aromatic rings. The Morgan fingerprint density at radius 1 is 1.00 bits per heavy atom. The van der Waals surface area contributed by atoms with Crippen molar-refractivity contribution in [1.29, 1.82) is 0 Å². The van der Waals surface area contributed by atoms with Crippen LogP contribution in [0.1, 0.15) is 44.1 Å². The summed E-state index contributed by atoms with van der Waals surface area (Å²) in [5, 5.41) is 3.99. The smallest absolute Gasteiger partial charge is 0.389 e. The molecule has 236 valence electrons. The van der Waals surface area contributed by atoms with Crippen molar-refractivity contribution in [3.63, 3.8) is 0 Å². The largest absolute Gasteiger partial charge is 0.416 e. The van der Waals surface area contributed by atoms with Crippen LogP contribution in [0.15, 0.2) is 59.8 Å². The minimum Gasteiger partial charge on any atom is -0.389 e. The van der Waals surface area contributed by atoms with E-state index in [1.165, 1.54) is 6.07 Å². The van der Waals surface area contributed by atoms with E-state index in [9.17, 15) is 13.2 Å². The van der Waals surface area contributed by atoms with Crippen LogP contribution in [0, 0.1) is 5.41 Å². The Bertz CT molecular complexity index is 1700. The van der Waals surface area contributed by atoms with E-state index in [-0.39, 0.29) is 11.0 Å². The van der Waals surface area contributed by atoms with Gasteiger partial charge in [-0.3, -0.25) is 0 Å². The van der Waals surface area contributed by atoms with Crippen molar-refractivity contribution in [2.75, 3.05) is 50.2 Å². The first-order valence-corrected chi connectivity index (χ1v) is 15.5. The zero-order chi connectivity index (χ0) is 31.2. The van der Waals surface area contributed by atoms with Crippen LogP contribution in [0.3, 0.4) is 0 Å². The van der Waals surface area contributed by atoms with E-state index in [1.54, 1.807) is 13.2 Å². The molecule has 3 aliphatic rings. The van der Waals surface area contributed by atoms with Crippen LogP contribution in [-0.2, 0) is 15.8 Å². The number of nitrogens with zero attached hydrogens (tertiary/aromatic N) is 5. The molecular formula is C34H37F3N6O2. The Hall–Kier alpha value is -4.12. The Balaban J connectivity index is 1.21. The molecule has 2 fully saturated rings. The Labute approximate surface area is 260 Å². The average Bonchev–Trinajstić information content (AvgIpc) is 3.67. The van der Waals surface area contributed by atoms with Crippen molar-refractivity contribution in [1.82, 2.24) is 15.0 Å². The first-order chi connectivity index (χ1) is 21.7. The zero-order valence-corrected chi connectivity index (χ0v) is 25.5. The Kier molecular flexibility index (Phi) is 7.46. The summed E-state index contributed by atoms with van der Waals surface area (Å²) in [5.41, 5.74) is 4.11. The van der Waals surface area contributed by atoms with Gasteiger partial charge in [0.15, 0.2) is 5.65 Å². The van der Waals surface area contributed by atoms with E-state index in [2.05, 4.69) is 32.1 Å². The van der Waals surface area contributed by atoms with Crippen molar-refractivity contribution in [2.45, 2.75) is 50.3 Å². The highest BCUT2D eigenvalue weighted by atomic mass is 19.4. The monoisotopic (exact) mass is 618 g/mol. The van der Waals surface area contributed by atoms with E-state index in [1.807, 2.05) is 31.5 Å². The second-order valence-electron chi connectivity index (χ2n) is 12.8. The molecule has 0 atom stereocenters. The summed E-state index contributed by atoms with van der Waals surface area (Å²) in [7, 11) is 3.74. The standard InChI is InChI=1S/C34H37F3N6O2/c1-42(21-32(22-44-2)11-4-12-32)28-20-27(24-5-3-6-25(19-24)34(35,36)37)39-31-29(28)40-30(41-31)23-7-9-26(10-8-23)43-17-14-33(15-18-43)13-16-38-45-33/h3,5-10,16,19-20H,4,11-15,17-18,21-22H2,1-2H3,(H,39,40,41). The molecule has 7 rings (SSSR count). The number of aromatic amines is 1. The lowest BCUT2D eigenvalue weighted by molar-refractivity contribution is -0.137. The van der Waals surface area contributed by atoms with Crippen molar-refractivity contribution in [3.8, 4) is 22.6 Å². The molecule has 2 aromatic carbocycles. The lowest BCUT2D eigenvalue weighted by Gasteiger charge is -2.44. The molecule has 1 saturated carbocycles. The molecule has 8 nitrogen and oxygen atoms in total. The van der Waals surface area contributed by atoms with Crippen LogP contribution >= 0.6 is 0 Å². The molecule has 2 aliphatic heterocycles. The summed E-state index contributed by atoms with van der Waals surface area (Å²) in [4.78, 5) is 23.3. The zero-order valence-electron chi connectivity index (χ0n) is 25.5. The van der Waals surface area contributed by atoms with Gasteiger partial charge in [0.1, 0.15) is 16.9 Å². The topological polar surface area (TPSA) is 78.9 Å². The number of piperidine rings is 1. The maximum atomic E-state index is 13.6. The van der Waals surface area contributed by atoms with Crippen molar-refractivity contribution in [2.24, 2.45) is 10.6 Å². The fourth-order valence-corrected chi connectivity index (χ4v) is 7.02. The fourth-order valence-electron chi connectivity index (χ4n) is 7.02. The van der Waals surface area contributed by atoms with E-state index in [4.69, 9.17) is 19.5 Å². The highest BCUT2D eigenvalue weighted by molar-refractivity contribution is 5.91. The molecule has 0 bridgehead atoms. The number of fused-ring (bicyclic) bond motifs is 1. The van der Waals surface area contributed by atoms with Gasteiger partial charge in [-0.05, 0) is 55.3 Å². The Morgan fingerprint density at radius 2 is 1.78 bits per heavy atom. The number of aromatic nitrogens is 3. The van der Waals surface area contributed by atoms with Gasteiger partial charge in [0.05, 0.1) is 23.6 Å². The number of anilines is 2. The summed E-state index contributed by atoms with van der Waals surface area (Å²) in [6.45, 7) is 3.20. The quantitative estimate of drug-likeness (QED) is 0.223. The number of benzene rings is 2. The van der Waals surface area contributed by atoms with Crippen LogP contribution in [-0.4, -0.2) is 67.2 Å². The van der Waals surface area contributed by atoms with Crippen LogP contribution in [0.4, 0.5) is 24.5 Å². The average molecular weight is 619 g/mol. The number of methoxy groups -OCH3 is 1. The lowest BCUT2D eigenvalue weighted by atomic mass is 9.69. The van der Waals surface area contributed by atoms with Gasteiger partial charge in [0.2, 0.25) is 0 Å². The normalized spacial score (nSPS) is 18.7. The number of nitrogens with one attached hydrogen (secondary N) is 1. The number of hydrogen-bond acceptors (Lipinski definition) is 7. The SMILES string of the molecule is COCC1(CN(C)c2cc(-c3cccc(C(F)(F)F)c3)nc3nc(-c4ccc(N5CCC6(CC=NO6)CC5)cc4)[nH]c23)CCC1. The van der Waals surface area contributed by atoms with Gasteiger partial charge in [-0.15, -0.1) is 0 Å². The number of imidazole rings is 1. The second-order valence-corrected chi connectivity index (χ2v) is 12.8. The highest BCUT2D eigenvalue weighted by Crippen LogP contribution is 2.43. The number of pyridine rings is 1. The van der Waals surface area contributed by atoms with Crippen molar-refractivity contribution < 1.29 is 22.7 Å². The molecule has 4 heterocycles. The van der Waals surface area contributed by atoms with Gasteiger partial charge < -0.3 is 24.4 Å². The van der Waals surface area contributed by atoms with Gasteiger partial charge in [0, 0.05) is 81.5 Å². The van der Waals surface area contributed by atoms with E-state index >= 15 is 0 Å². The maximum Gasteiger partial charge on any atom is 0.416 e. The molecule has 1 saturated heterocycles. The third kappa shape index (κ3) is 5.74. The summed E-state index contributed by atoms with van der Waals surface area (Å²) in [6, 6.07) is 15.5. The molecule has 1 spiro atoms. The molecule has 2 aromatic heterocycles. The highest BCUT2D eigenvalue weighted by Gasteiger charge is 2.40. The number of alkyl halides is 3. The molecule has 0 unspecified atom stereocenters. The number of rotatable bonds is 8. The molecule has 1 N–H and O–H groups in total. The number of hydrogen-bond donors (Lipinski definition) is 1. The van der Waals surface area contributed by atoms with Gasteiger partial charge in [-0.25, -0.2) is 9.97 Å². The maximum absolute atomic E-state index is 13.6. The summed E-state index contributed by atoms with van der Waals surface area (Å²) in [5.74, 6) is 0.657. The third-order valence-electron chi connectivity index (χ3n) is 9.74. The number of oxime groups is 1. The van der Waals surface area contributed by atoms with Gasteiger partial charge in [0.25, 0.3) is 0 Å². The Morgan fingerprint density at radius 3 is 2.42 bits per heavy atom. The predicted octanol–water partition coefficient (Wildman–Crippen LogP) is 7.31. The van der Waals surface area contributed by atoms with Crippen LogP contribution in [0.5, 0.6) is 0 Å². The molecule has 0 amide bonds. The number of halogens is 3. The van der Waals surface area contributed by atoms with Crippen LogP contribution in [0.2, 0.25) is 0 Å². The molecule has 0 radical (unpaired) electrons. The minimum atomic E-state index is -4.45. The predicted molar refractivity (Wildman–Crippen MR) is 170 cm³/mol. The first kappa shape index (κ1) is 29.6. The lowest BCUT2D eigenvalue weighted by Crippen LogP contribution is -2.44. The first-order valence-electron chi connectivity index (χ1n) is 15.5.